The second-order valence-electron chi connectivity index (χ2n) is 6.36. The van der Waals surface area contributed by atoms with Gasteiger partial charge >= 0.3 is 0 Å². The molecule has 0 aliphatic carbocycles. The largest absolute Gasteiger partial charge is 0.388 e. The van der Waals surface area contributed by atoms with Crippen molar-refractivity contribution in [2.75, 3.05) is 13.1 Å². The molecule has 2 rings (SSSR count). The molecule has 0 bridgehead atoms. The first-order valence-corrected chi connectivity index (χ1v) is 7.66. The first-order valence-electron chi connectivity index (χ1n) is 7.66. The number of hydrogen-bond acceptors (Lipinski definition) is 2. The second kappa shape index (κ2) is 6.40. The van der Waals surface area contributed by atoms with Gasteiger partial charge in [0.25, 0.3) is 0 Å². The Kier molecular flexibility index (Phi) is 4.81. The fourth-order valence-electron chi connectivity index (χ4n) is 3.07. The van der Waals surface area contributed by atoms with Crippen molar-refractivity contribution in [3.8, 4) is 0 Å². The predicted octanol–water partition coefficient (Wildman–Crippen LogP) is 3.57. The van der Waals surface area contributed by atoms with Crippen molar-refractivity contribution in [2.45, 2.75) is 45.6 Å². The van der Waals surface area contributed by atoms with Crippen LogP contribution in [-0.2, 0) is 0 Å². The predicted molar refractivity (Wildman–Crippen MR) is 84.9 cm³/mol. The van der Waals surface area contributed by atoms with Gasteiger partial charge in [-0.15, -0.1) is 0 Å². The molecule has 1 aliphatic heterocycles. The van der Waals surface area contributed by atoms with Crippen molar-refractivity contribution >= 4 is 5.84 Å². The van der Waals surface area contributed by atoms with Gasteiger partial charge in [0.1, 0.15) is 0 Å². The molecule has 0 spiro atoms. The molecule has 110 valence electrons. The van der Waals surface area contributed by atoms with Crippen molar-refractivity contribution in [3.05, 3.63) is 35.9 Å². The van der Waals surface area contributed by atoms with Crippen LogP contribution in [0.15, 0.2) is 30.3 Å². The minimum absolute atomic E-state index is 0.259. The van der Waals surface area contributed by atoms with E-state index in [1.54, 1.807) is 0 Å². The van der Waals surface area contributed by atoms with E-state index in [1.165, 1.54) is 24.8 Å². The zero-order chi connectivity index (χ0) is 14.6. The number of amidine groups is 1. The van der Waals surface area contributed by atoms with Crippen molar-refractivity contribution in [1.82, 2.24) is 4.90 Å². The molecule has 3 N–H and O–H groups in total. The van der Waals surface area contributed by atoms with Crippen LogP contribution in [0.1, 0.15) is 51.1 Å². The highest BCUT2D eigenvalue weighted by Gasteiger charge is 2.32. The lowest BCUT2D eigenvalue weighted by molar-refractivity contribution is 0.0823. The van der Waals surface area contributed by atoms with Gasteiger partial charge in [0.15, 0.2) is 0 Å². The maximum absolute atomic E-state index is 7.66. The summed E-state index contributed by atoms with van der Waals surface area (Å²) in [5, 5.41) is 7.66. The van der Waals surface area contributed by atoms with Gasteiger partial charge in [0.05, 0.1) is 5.84 Å². The molecule has 20 heavy (non-hydrogen) atoms. The molecule has 1 aromatic carbocycles. The van der Waals surface area contributed by atoms with Crippen molar-refractivity contribution < 1.29 is 0 Å². The summed E-state index contributed by atoms with van der Waals surface area (Å²) < 4.78 is 0. The van der Waals surface area contributed by atoms with Gasteiger partial charge in [-0.05, 0) is 36.9 Å². The Morgan fingerprint density at radius 3 is 2.40 bits per heavy atom. The van der Waals surface area contributed by atoms with Crippen LogP contribution in [0.25, 0.3) is 0 Å². The minimum atomic E-state index is 0.259. The smallest absolute Gasteiger partial charge is 0.0924 e. The molecular weight excluding hydrogens is 246 g/mol. The maximum atomic E-state index is 7.66. The van der Waals surface area contributed by atoms with E-state index in [9.17, 15) is 0 Å². The van der Waals surface area contributed by atoms with Crippen molar-refractivity contribution in [2.24, 2.45) is 11.1 Å². The van der Waals surface area contributed by atoms with Gasteiger partial charge in [0.2, 0.25) is 0 Å². The van der Waals surface area contributed by atoms with Crippen LogP contribution in [0.5, 0.6) is 0 Å². The molecule has 1 aromatic rings. The van der Waals surface area contributed by atoms with Crippen molar-refractivity contribution in [3.63, 3.8) is 0 Å². The molecule has 1 atom stereocenters. The monoisotopic (exact) mass is 273 g/mol. The normalized spacial score (nSPS) is 20.5. The molecule has 0 radical (unpaired) electrons. The summed E-state index contributed by atoms with van der Waals surface area (Å²) in [4.78, 5) is 2.51. The third-order valence-electron chi connectivity index (χ3n) is 4.90. The van der Waals surface area contributed by atoms with E-state index < -0.39 is 0 Å². The molecule has 0 amide bonds. The Bertz CT molecular complexity index is 433. The number of piperidine rings is 1. The number of benzene rings is 1. The molecule has 1 fully saturated rings. The molecular formula is C17H27N3. The Morgan fingerprint density at radius 2 is 1.90 bits per heavy atom. The Morgan fingerprint density at radius 1 is 1.30 bits per heavy atom. The topological polar surface area (TPSA) is 53.1 Å². The van der Waals surface area contributed by atoms with E-state index >= 15 is 0 Å². The number of nitrogens with two attached hydrogens (primary N) is 1. The maximum Gasteiger partial charge on any atom is 0.0924 e. The van der Waals surface area contributed by atoms with Gasteiger partial charge < -0.3 is 5.73 Å². The Hall–Kier alpha value is -1.35. The summed E-state index contributed by atoms with van der Waals surface area (Å²) in [6, 6.07) is 10.8. The second-order valence-corrected chi connectivity index (χ2v) is 6.36. The fraction of sp³-hybridized carbons (Fsp3) is 0.588. The minimum Gasteiger partial charge on any atom is -0.388 e. The molecule has 1 saturated heterocycles. The van der Waals surface area contributed by atoms with Crippen LogP contribution >= 0.6 is 0 Å². The molecule has 1 heterocycles. The summed E-state index contributed by atoms with van der Waals surface area (Å²) in [6.45, 7) is 6.90. The molecule has 1 aliphatic rings. The molecule has 0 saturated carbocycles. The van der Waals surface area contributed by atoms with Gasteiger partial charge in [-0.2, -0.15) is 0 Å². The zero-order valence-corrected chi connectivity index (χ0v) is 12.7. The third-order valence-corrected chi connectivity index (χ3v) is 4.90. The fourth-order valence-corrected chi connectivity index (χ4v) is 3.07. The van der Waals surface area contributed by atoms with Gasteiger partial charge in [-0.1, -0.05) is 50.6 Å². The number of likely N-dealkylation sites (tertiary alicyclic amines) is 1. The van der Waals surface area contributed by atoms with Gasteiger partial charge in [0, 0.05) is 12.5 Å². The molecule has 3 heteroatoms. The standard InChI is InChI=1S/C17H27N3/c1-3-17(2)9-11-20(12-10-17)15(13-16(18)19)14-7-5-4-6-8-14/h4-8,15H,3,9-13H2,1-2H3,(H3,18,19). The number of rotatable bonds is 5. The summed E-state index contributed by atoms with van der Waals surface area (Å²) in [7, 11) is 0. The van der Waals surface area contributed by atoms with Crippen LogP contribution in [-0.4, -0.2) is 23.8 Å². The Balaban J connectivity index is 2.11. The average molecular weight is 273 g/mol. The number of nitrogens with zero attached hydrogens (tertiary/aromatic N) is 1. The lowest BCUT2D eigenvalue weighted by Crippen LogP contribution is -2.41. The van der Waals surface area contributed by atoms with E-state index in [0.717, 1.165) is 13.1 Å². The molecule has 0 aromatic heterocycles. The lowest BCUT2D eigenvalue weighted by atomic mass is 9.77. The number of hydrogen-bond donors (Lipinski definition) is 2. The van der Waals surface area contributed by atoms with Crippen LogP contribution in [0, 0.1) is 10.8 Å². The summed E-state index contributed by atoms with van der Waals surface area (Å²) in [6.07, 6.45) is 4.37. The van der Waals surface area contributed by atoms with E-state index in [-0.39, 0.29) is 11.9 Å². The highest BCUT2D eigenvalue weighted by molar-refractivity contribution is 5.77. The molecule has 1 unspecified atom stereocenters. The highest BCUT2D eigenvalue weighted by atomic mass is 15.2. The Labute approximate surface area is 122 Å². The van der Waals surface area contributed by atoms with E-state index in [0.29, 0.717) is 11.8 Å². The third kappa shape index (κ3) is 3.60. The summed E-state index contributed by atoms with van der Waals surface area (Å²) in [5.74, 6) is 0.280. The van der Waals surface area contributed by atoms with E-state index in [4.69, 9.17) is 11.1 Å². The summed E-state index contributed by atoms with van der Waals surface area (Å²) >= 11 is 0. The molecule has 3 nitrogen and oxygen atoms in total. The van der Waals surface area contributed by atoms with Crippen LogP contribution in [0.2, 0.25) is 0 Å². The SMILES string of the molecule is CCC1(C)CCN(C(CC(=N)N)c2ccccc2)CC1. The quantitative estimate of drug-likeness (QED) is 0.636. The first kappa shape index (κ1) is 15.0. The highest BCUT2D eigenvalue weighted by Crippen LogP contribution is 2.37. The zero-order valence-electron chi connectivity index (χ0n) is 12.7. The van der Waals surface area contributed by atoms with Crippen LogP contribution < -0.4 is 5.73 Å². The first-order chi connectivity index (χ1) is 9.54. The summed E-state index contributed by atoms with van der Waals surface area (Å²) in [5.41, 5.74) is 7.45. The van der Waals surface area contributed by atoms with E-state index in [2.05, 4.69) is 43.0 Å². The number of nitrogens with one attached hydrogen (secondary N) is 1. The lowest BCUT2D eigenvalue weighted by Gasteiger charge is -2.42. The van der Waals surface area contributed by atoms with Crippen molar-refractivity contribution in [1.29, 1.82) is 5.41 Å². The average Bonchev–Trinajstić information content (AvgIpc) is 2.47. The van der Waals surface area contributed by atoms with Crippen LogP contribution in [0.4, 0.5) is 0 Å². The van der Waals surface area contributed by atoms with Gasteiger partial charge in [-0.3, -0.25) is 10.3 Å². The van der Waals surface area contributed by atoms with E-state index in [1.807, 2.05) is 6.07 Å². The van der Waals surface area contributed by atoms with Crippen LogP contribution in [0.3, 0.4) is 0 Å². The van der Waals surface area contributed by atoms with Gasteiger partial charge in [-0.25, -0.2) is 0 Å².